The first-order valence-corrected chi connectivity index (χ1v) is 9.80. The van der Waals surface area contributed by atoms with Gasteiger partial charge in [0.15, 0.2) is 9.84 Å². The number of anilines is 1. The molecule has 0 radical (unpaired) electrons. The maximum Gasteiger partial charge on any atom is 0.335 e. The van der Waals surface area contributed by atoms with Crippen LogP contribution >= 0.6 is 0 Å². The topological polar surface area (TPSA) is 128 Å². The molecule has 0 spiro atoms. The number of hydrogen-bond acceptors (Lipinski definition) is 6. The smallest absolute Gasteiger partial charge is 0.335 e. The first kappa shape index (κ1) is 19.5. The number of amides is 1. The van der Waals surface area contributed by atoms with Crippen LogP contribution in [0.4, 0.5) is 5.69 Å². The van der Waals surface area contributed by atoms with Gasteiger partial charge < -0.3 is 15.3 Å². The van der Waals surface area contributed by atoms with E-state index in [1.165, 1.54) is 30.5 Å². The zero-order valence-corrected chi connectivity index (χ0v) is 15.0. The summed E-state index contributed by atoms with van der Waals surface area (Å²) in [6.45, 7) is 2.28. The molecule has 1 aromatic carbocycles. The minimum absolute atomic E-state index is 0.00825. The van der Waals surface area contributed by atoms with E-state index in [0.717, 1.165) is 0 Å². The average molecular weight is 377 g/mol. The summed E-state index contributed by atoms with van der Waals surface area (Å²) in [6, 6.07) is 7.11. The fraction of sp³-hybridized carbons (Fsp3) is 0.353. The molecule has 1 amide bonds. The highest BCUT2D eigenvalue weighted by Crippen LogP contribution is 2.19. The highest BCUT2D eigenvalue weighted by molar-refractivity contribution is 7.91. The lowest BCUT2D eigenvalue weighted by atomic mass is 10.2. The second-order valence-corrected chi connectivity index (χ2v) is 8.11. The Kier molecular flexibility index (Phi) is 6.00. The number of hydrogen-bond donors (Lipinski definition) is 2. The second-order valence-electron chi connectivity index (χ2n) is 5.88. The van der Waals surface area contributed by atoms with Gasteiger partial charge in [0.1, 0.15) is 11.6 Å². The molecule has 1 fully saturated rings. The van der Waals surface area contributed by atoms with Crippen LogP contribution in [0.15, 0.2) is 36.0 Å². The van der Waals surface area contributed by atoms with Crippen LogP contribution in [0.3, 0.4) is 0 Å². The number of benzene rings is 1. The van der Waals surface area contributed by atoms with E-state index in [1.807, 2.05) is 13.0 Å². The van der Waals surface area contributed by atoms with Crippen molar-refractivity contribution in [2.24, 2.45) is 0 Å². The predicted octanol–water partition coefficient (Wildman–Crippen LogP) is 1.24. The standard InChI is InChI=1S/C17H19N3O5S/c1-2-20(15-7-8-26(24,25)11-15)10-13(9-18)16(21)19-14-5-3-12(4-6-14)17(22)23/h3-6,10,15H,2,7-8,11H2,1H3,(H,19,21)(H,22,23)/b13-10-. The molecule has 138 valence electrons. The largest absolute Gasteiger partial charge is 0.478 e. The van der Waals surface area contributed by atoms with E-state index in [-0.39, 0.29) is 28.7 Å². The van der Waals surface area contributed by atoms with Crippen molar-refractivity contribution in [1.82, 2.24) is 4.90 Å². The molecule has 1 aromatic rings. The zero-order valence-electron chi connectivity index (χ0n) is 14.2. The Labute approximate surface area is 151 Å². The molecule has 0 saturated carbocycles. The highest BCUT2D eigenvalue weighted by atomic mass is 32.2. The van der Waals surface area contributed by atoms with Crippen LogP contribution in [0.5, 0.6) is 0 Å². The summed E-state index contributed by atoms with van der Waals surface area (Å²) >= 11 is 0. The monoisotopic (exact) mass is 377 g/mol. The lowest BCUT2D eigenvalue weighted by molar-refractivity contribution is -0.112. The third-order valence-corrected chi connectivity index (χ3v) is 5.84. The lowest BCUT2D eigenvalue weighted by Gasteiger charge is -2.25. The molecule has 1 saturated heterocycles. The number of aromatic carboxylic acids is 1. The van der Waals surface area contributed by atoms with Crippen molar-refractivity contribution >= 4 is 27.4 Å². The molecule has 1 aliphatic heterocycles. The highest BCUT2D eigenvalue weighted by Gasteiger charge is 2.31. The Bertz CT molecular complexity index is 869. The molecular formula is C17H19N3O5S. The Morgan fingerprint density at radius 2 is 2.04 bits per heavy atom. The maximum absolute atomic E-state index is 12.3. The zero-order chi connectivity index (χ0) is 19.3. The molecule has 0 aromatic heterocycles. The van der Waals surface area contributed by atoms with Crippen molar-refractivity contribution in [3.8, 4) is 6.07 Å². The first-order chi connectivity index (χ1) is 12.3. The van der Waals surface area contributed by atoms with Crippen LogP contribution in [0.25, 0.3) is 0 Å². The van der Waals surface area contributed by atoms with Crippen LogP contribution in [0.2, 0.25) is 0 Å². The van der Waals surface area contributed by atoms with Gasteiger partial charge in [0.25, 0.3) is 5.91 Å². The Morgan fingerprint density at radius 3 is 2.50 bits per heavy atom. The summed E-state index contributed by atoms with van der Waals surface area (Å²) in [7, 11) is -3.08. The number of carboxylic acids is 1. The van der Waals surface area contributed by atoms with E-state index in [0.29, 0.717) is 18.7 Å². The summed E-state index contributed by atoms with van der Waals surface area (Å²) in [5.41, 5.74) is 0.282. The minimum Gasteiger partial charge on any atom is -0.478 e. The van der Waals surface area contributed by atoms with Gasteiger partial charge in [0.2, 0.25) is 0 Å². The summed E-state index contributed by atoms with van der Waals surface area (Å²) in [6.07, 6.45) is 1.84. The van der Waals surface area contributed by atoms with E-state index in [4.69, 9.17) is 5.11 Å². The molecule has 1 atom stereocenters. The molecule has 1 unspecified atom stereocenters. The number of carbonyl (C=O) groups is 2. The number of carbonyl (C=O) groups excluding carboxylic acids is 1. The van der Waals surface area contributed by atoms with Gasteiger partial charge in [-0.1, -0.05) is 0 Å². The van der Waals surface area contributed by atoms with Crippen molar-refractivity contribution in [3.05, 3.63) is 41.6 Å². The van der Waals surface area contributed by atoms with Gasteiger partial charge in [-0.3, -0.25) is 4.79 Å². The Hall–Kier alpha value is -2.86. The van der Waals surface area contributed by atoms with Crippen molar-refractivity contribution in [3.63, 3.8) is 0 Å². The molecule has 1 heterocycles. The third-order valence-electron chi connectivity index (χ3n) is 4.09. The summed E-state index contributed by atoms with van der Waals surface area (Å²) in [5, 5.41) is 20.7. The molecule has 9 heteroatoms. The molecule has 26 heavy (non-hydrogen) atoms. The summed E-state index contributed by atoms with van der Waals surface area (Å²) < 4.78 is 23.3. The number of nitriles is 1. The fourth-order valence-electron chi connectivity index (χ4n) is 2.69. The van der Waals surface area contributed by atoms with Gasteiger partial charge in [-0.2, -0.15) is 5.26 Å². The second kappa shape index (κ2) is 8.01. The number of sulfone groups is 1. The number of nitrogens with zero attached hydrogens (tertiary/aromatic N) is 2. The van der Waals surface area contributed by atoms with Gasteiger partial charge in [-0.15, -0.1) is 0 Å². The van der Waals surface area contributed by atoms with Gasteiger partial charge in [0, 0.05) is 24.5 Å². The van der Waals surface area contributed by atoms with Crippen LogP contribution in [0.1, 0.15) is 23.7 Å². The van der Waals surface area contributed by atoms with Crippen LogP contribution in [-0.4, -0.2) is 54.4 Å². The van der Waals surface area contributed by atoms with E-state index < -0.39 is 21.7 Å². The fourth-order valence-corrected chi connectivity index (χ4v) is 4.43. The number of nitrogens with one attached hydrogen (secondary N) is 1. The van der Waals surface area contributed by atoms with E-state index in [2.05, 4.69) is 5.32 Å². The SMILES string of the molecule is CCN(/C=C(/C#N)C(=O)Nc1ccc(C(=O)O)cc1)C1CCS(=O)(=O)C1. The van der Waals surface area contributed by atoms with Crippen LogP contribution < -0.4 is 5.32 Å². The maximum atomic E-state index is 12.3. The van der Waals surface area contributed by atoms with E-state index in [1.54, 1.807) is 4.90 Å². The van der Waals surface area contributed by atoms with Crippen molar-refractivity contribution < 1.29 is 23.1 Å². The Balaban J connectivity index is 2.12. The van der Waals surface area contributed by atoms with Gasteiger partial charge in [-0.25, -0.2) is 13.2 Å². The number of carboxylic acid groups (broad SMARTS) is 1. The molecule has 2 rings (SSSR count). The lowest BCUT2D eigenvalue weighted by Crippen LogP contribution is -2.32. The molecular weight excluding hydrogens is 358 g/mol. The minimum atomic E-state index is -3.08. The quantitative estimate of drug-likeness (QED) is 0.564. The molecule has 8 nitrogen and oxygen atoms in total. The van der Waals surface area contributed by atoms with Crippen molar-refractivity contribution in [2.45, 2.75) is 19.4 Å². The van der Waals surface area contributed by atoms with Gasteiger partial charge >= 0.3 is 5.97 Å². The molecule has 0 bridgehead atoms. The van der Waals surface area contributed by atoms with E-state index in [9.17, 15) is 23.3 Å². The average Bonchev–Trinajstić information content (AvgIpc) is 2.96. The van der Waals surface area contributed by atoms with Crippen molar-refractivity contribution in [2.75, 3.05) is 23.4 Å². The number of rotatable bonds is 6. The van der Waals surface area contributed by atoms with Gasteiger partial charge in [-0.05, 0) is 37.6 Å². The summed E-state index contributed by atoms with van der Waals surface area (Å²) in [4.78, 5) is 24.8. The van der Waals surface area contributed by atoms with Crippen molar-refractivity contribution in [1.29, 1.82) is 5.26 Å². The normalized spacial score (nSPS) is 18.8. The van der Waals surface area contributed by atoms with Crippen LogP contribution in [0, 0.1) is 11.3 Å². The molecule has 2 N–H and O–H groups in total. The molecule has 0 aliphatic carbocycles. The van der Waals surface area contributed by atoms with Gasteiger partial charge in [0.05, 0.1) is 17.1 Å². The molecule has 1 aliphatic rings. The first-order valence-electron chi connectivity index (χ1n) is 7.98. The predicted molar refractivity (Wildman–Crippen MR) is 95.2 cm³/mol. The third kappa shape index (κ3) is 4.83. The summed E-state index contributed by atoms with van der Waals surface area (Å²) in [5.74, 6) is -1.61. The van der Waals surface area contributed by atoms with Crippen LogP contribution in [-0.2, 0) is 14.6 Å². The Morgan fingerprint density at radius 1 is 1.38 bits per heavy atom. The van der Waals surface area contributed by atoms with E-state index >= 15 is 0 Å².